The Morgan fingerprint density at radius 1 is 1.00 bits per heavy atom. The predicted octanol–water partition coefficient (Wildman–Crippen LogP) is 4.25. The standard InChI is InChI=1S/C22H23N5OS.ClH/c1-27-22(24-25-26-27)29-14-13-23-15-20-19-10-6-5-9-18(19)11-12-21(20)28-16-17-7-3-2-4-8-17;/h2-12,23H,13-16H2,1H3;1H. The third-order valence-corrected chi connectivity index (χ3v) is 5.64. The third-order valence-electron chi connectivity index (χ3n) is 4.63. The summed E-state index contributed by atoms with van der Waals surface area (Å²) in [5.41, 5.74) is 2.35. The zero-order valence-electron chi connectivity index (χ0n) is 16.7. The van der Waals surface area contributed by atoms with Gasteiger partial charge in [0, 0.05) is 31.5 Å². The lowest BCUT2D eigenvalue weighted by atomic mass is 10.0. The number of nitrogens with zero attached hydrogens (tertiary/aromatic N) is 4. The molecule has 0 bridgehead atoms. The molecule has 4 aromatic rings. The highest BCUT2D eigenvalue weighted by Crippen LogP contribution is 2.29. The number of halogens is 1. The van der Waals surface area contributed by atoms with Crippen molar-refractivity contribution in [3.63, 3.8) is 0 Å². The summed E-state index contributed by atoms with van der Waals surface area (Å²) in [6.07, 6.45) is 0. The number of benzene rings is 3. The van der Waals surface area contributed by atoms with Crippen LogP contribution < -0.4 is 10.1 Å². The van der Waals surface area contributed by atoms with Gasteiger partial charge in [0.15, 0.2) is 0 Å². The van der Waals surface area contributed by atoms with Gasteiger partial charge in [0.05, 0.1) is 0 Å². The Morgan fingerprint density at radius 3 is 2.60 bits per heavy atom. The van der Waals surface area contributed by atoms with E-state index in [4.69, 9.17) is 4.74 Å². The molecule has 1 heterocycles. The maximum absolute atomic E-state index is 6.19. The van der Waals surface area contributed by atoms with Crippen LogP contribution in [-0.4, -0.2) is 32.5 Å². The van der Waals surface area contributed by atoms with Crippen LogP contribution in [0.15, 0.2) is 71.9 Å². The number of tetrazole rings is 1. The van der Waals surface area contributed by atoms with E-state index in [1.807, 2.05) is 25.2 Å². The minimum atomic E-state index is 0. The van der Waals surface area contributed by atoms with Crippen molar-refractivity contribution in [2.24, 2.45) is 7.05 Å². The van der Waals surface area contributed by atoms with E-state index in [-0.39, 0.29) is 12.4 Å². The molecule has 0 amide bonds. The summed E-state index contributed by atoms with van der Waals surface area (Å²) in [7, 11) is 1.85. The molecule has 0 aliphatic carbocycles. The maximum Gasteiger partial charge on any atom is 0.209 e. The first-order chi connectivity index (χ1) is 14.3. The van der Waals surface area contributed by atoms with Gasteiger partial charge in [-0.05, 0) is 32.8 Å². The van der Waals surface area contributed by atoms with Gasteiger partial charge in [0.2, 0.25) is 5.16 Å². The molecule has 0 radical (unpaired) electrons. The van der Waals surface area contributed by atoms with Crippen molar-refractivity contribution in [3.05, 3.63) is 77.9 Å². The van der Waals surface area contributed by atoms with Gasteiger partial charge >= 0.3 is 0 Å². The van der Waals surface area contributed by atoms with E-state index in [0.29, 0.717) is 6.61 Å². The van der Waals surface area contributed by atoms with Crippen LogP contribution in [0.25, 0.3) is 10.8 Å². The van der Waals surface area contributed by atoms with Crippen molar-refractivity contribution < 1.29 is 4.74 Å². The van der Waals surface area contributed by atoms with Gasteiger partial charge in [-0.15, -0.1) is 17.5 Å². The van der Waals surface area contributed by atoms with Gasteiger partial charge in [0.1, 0.15) is 12.4 Å². The lowest BCUT2D eigenvalue weighted by Crippen LogP contribution is -2.17. The van der Waals surface area contributed by atoms with Gasteiger partial charge in [0.25, 0.3) is 0 Å². The fourth-order valence-electron chi connectivity index (χ4n) is 3.14. The van der Waals surface area contributed by atoms with Crippen molar-refractivity contribution in [2.45, 2.75) is 18.3 Å². The Labute approximate surface area is 186 Å². The molecule has 0 unspecified atom stereocenters. The number of aromatic nitrogens is 4. The van der Waals surface area contributed by atoms with Crippen LogP contribution in [0.3, 0.4) is 0 Å². The van der Waals surface area contributed by atoms with E-state index in [9.17, 15) is 0 Å². The van der Waals surface area contributed by atoms with Crippen molar-refractivity contribution in [3.8, 4) is 5.75 Å². The van der Waals surface area contributed by atoms with E-state index >= 15 is 0 Å². The molecular formula is C22H24ClN5OS. The monoisotopic (exact) mass is 441 g/mol. The number of nitrogens with one attached hydrogen (secondary N) is 1. The number of ether oxygens (including phenoxy) is 1. The van der Waals surface area contributed by atoms with Gasteiger partial charge < -0.3 is 10.1 Å². The highest BCUT2D eigenvalue weighted by Gasteiger charge is 2.09. The van der Waals surface area contributed by atoms with Crippen LogP contribution in [0, 0.1) is 0 Å². The first-order valence-corrected chi connectivity index (χ1v) is 10.5. The second-order valence-electron chi connectivity index (χ2n) is 6.65. The number of fused-ring (bicyclic) bond motifs is 1. The quantitative estimate of drug-likeness (QED) is 0.309. The molecule has 0 aliphatic heterocycles. The first-order valence-electron chi connectivity index (χ1n) is 9.54. The molecule has 156 valence electrons. The van der Waals surface area contributed by atoms with E-state index in [1.54, 1.807) is 16.4 Å². The Hall–Kier alpha value is -2.61. The van der Waals surface area contributed by atoms with Crippen molar-refractivity contribution in [1.82, 2.24) is 25.5 Å². The molecule has 4 rings (SSSR count). The summed E-state index contributed by atoms with van der Waals surface area (Å²) in [4.78, 5) is 0. The lowest BCUT2D eigenvalue weighted by molar-refractivity contribution is 0.303. The molecule has 0 spiro atoms. The van der Waals surface area contributed by atoms with Crippen molar-refractivity contribution >= 4 is 34.9 Å². The van der Waals surface area contributed by atoms with E-state index in [2.05, 4.69) is 69.4 Å². The van der Waals surface area contributed by atoms with E-state index in [0.717, 1.165) is 35.3 Å². The number of thioether (sulfide) groups is 1. The fraction of sp³-hybridized carbons (Fsp3) is 0.227. The molecule has 8 heteroatoms. The summed E-state index contributed by atoms with van der Waals surface area (Å²) < 4.78 is 7.87. The molecular weight excluding hydrogens is 418 g/mol. The highest BCUT2D eigenvalue weighted by atomic mass is 35.5. The van der Waals surface area contributed by atoms with Gasteiger partial charge in [-0.1, -0.05) is 72.4 Å². The molecule has 1 N–H and O–H groups in total. The van der Waals surface area contributed by atoms with E-state index < -0.39 is 0 Å². The van der Waals surface area contributed by atoms with Crippen molar-refractivity contribution in [2.75, 3.05) is 12.3 Å². The lowest BCUT2D eigenvalue weighted by Gasteiger charge is -2.15. The summed E-state index contributed by atoms with van der Waals surface area (Å²) in [6, 6.07) is 22.9. The number of aryl methyl sites for hydroxylation is 1. The van der Waals surface area contributed by atoms with E-state index in [1.165, 1.54) is 16.3 Å². The average molecular weight is 442 g/mol. The molecule has 6 nitrogen and oxygen atoms in total. The minimum absolute atomic E-state index is 0. The molecule has 0 fully saturated rings. The first kappa shape index (κ1) is 22.1. The van der Waals surface area contributed by atoms with Gasteiger partial charge in [-0.2, -0.15) is 0 Å². The minimum Gasteiger partial charge on any atom is -0.489 e. The summed E-state index contributed by atoms with van der Waals surface area (Å²) in [6.45, 7) is 2.14. The van der Waals surface area contributed by atoms with Crippen LogP contribution in [0.2, 0.25) is 0 Å². The second-order valence-corrected chi connectivity index (χ2v) is 7.71. The Balaban J connectivity index is 0.00000256. The molecule has 3 aromatic carbocycles. The largest absolute Gasteiger partial charge is 0.489 e. The molecule has 0 atom stereocenters. The fourth-order valence-corrected chi connectivity index (χ4v) is 3.89. The summed E-state index contributed by atoms with van der Waals surface area (Å²) in [5, 5.41) is 18.3. The zero-order chi connectivity index (χ0) is 19.9. The Kier molecular flexibility index (Phi) is 8.07. The maximum atomic E-state index is 6.19. The SMILES string of the molecule is Cl.Cn1nnnc1SCCNCc1c(OCc2ccccc2)ccc2ccccc12. The molecule has 0 saturated heterocycles. The third kappa shape index (κ3) is 5.50. The van der Waals surface area contributed by atoms with Gasteiger partial charge in [-0.25, -0.2) is 4.68 Å². The highest BCUT2D eigenvalue weighted by molar-refractivity contribution is 7.99. The van der Waals surface area contributed by atoms with Gasteiger partial charge in [-0.3, -0.25) is 0 Å². The predicted molar refractivity (Wildman–Crippen MR) is 123 cm³/mol. The Morgan fingerprint density at radius 2 is 1.80 bits per heavy atom. The summed E-state index contributed by atoms with van der Waals surface area (Å²) in [5.74, 6) is 1.81. The number of hydrogen-bond donors (Lipinski definition) is 1. The average Bonchev–Trinajstić information content (AvgIpc) is 3.18. The zero-order valence-corrected chi connectivity index (χ0v) is 18.3. The van der Waals surface area contributed by atoms with Crippen LogP contribution in [0.5, 0.6) is 5.75 Å². The second kappa shape index (κ2) is 11.0. The smallest absolute Gasteiger partial charge is 0.209 e. The Bertz CT molecular complexity index is 1070. The molecule has 0 saturated carbocycles. The van der Waals surface area contributed by atoms with Crippen molar-refractivity contribution in [1.29, 1.82) is 0 Å². The topological polar surface area (TPSA) is 64.9 Å². The number of hydrogen-bond acceptors (Lipinski definition) is 6. The normalized spacial score (nSPS) is 10.7. The molecule has 0 aliphatic rings. The van der Waals surface area contributed by atoms with Crippen LogP contribution >= 0.6 is 24.2 Å². The number of rotatable bonds is 9. The van der Waals surface area contributed by atoms with Crippen LogP contribution in [0.4, 0.5) is 0 Å². The molecule has 1 aromatic heterocycles. The van der Waals surface area contributed by atoms with Crippen LogP contribution in [-0.2, 0) is 20.2 Å². The summed E-state index contributed by atoms with van der Waals surface area (Å²) >= 11 is 1.64. The van der Waals surface area contributed by atoms with Crippen LogP contribution in [0.1, 0.15) is 11.1 Å². The molecule has 30 heavy (non-hydrogen) atoms.